The molecule has 2 aromatic carbocycles. The number of benzene rings is 2. The number of aryl methyl sites for hydroxylation is 1. The Morgan fingerprint density at radius 1 is 0.600 bits per heavy atom. The number of rotatable bonds is 13. The minimum atomic E-state index is 0. The zero-order valence-electron chi connectivity index (χ0n) is 18.7. The molecule has 0 saturated heterocycles. The molecule has 2 heteroatoms. The van der Waals surface area contributed by atoms with Crippen LogP contribution < -0.4 is 17.0 Å². The predicted octanol–water partition coefficient (Wildman–Crippen LogP) is 4.64. The first-order valence-corrected chi connectivity index (χ1v) is 11.8. The molecule has 0 amide bonds. The summed E-state index contributed by atoms with van der Waals surface area (Å²) in [4.78, 5) is 0. The molecular formula is C28H38ClN. The van der Waals surface area contributed by atoms with E-state index in [1.807, 2.05) is 0 Å². The highest BCUT2D eigenvalue weighted by molar-refractivity contribution is 5.74. The van der Waals surface area contributed by atoms with Gasteiger partial charge >= 0.3 is 0 Å². The Bertz CT molecular complexity index is 835. The summed E-state index contributed by atoms with van der Waals surface area (Å²) in [6.07, 6.45) is 17.5. The molecule has 0 aliphatic heterocycles. The topological polar surface area (TPSA) is 3.88 Å². The second-order valence-corrected chi connectivity index (χ2v) is 8.44. The number of halogens is 1. The molecule has 0 N–H and O–H groups in total. The van der Waals surface area contributed by atoms with Crippen LogP contribution in [0.15, 0.2) is 66.9 Å². The summed E-state index contributed by atoms with van der Waals surface area (Å²) in [7, 11) is 0. The normalized spacial score (nSPS) is 10.8. The number of hydrogen-bond donors (Lipinski definition) is 0. The van der Waals surface area contributed by atoms with Crippen molar-refractivity contribution in [3.8, 4) is 0 Å². The fraction of sp³-hybridized carbons (Fsp3) is 0.464. The third kappa shape index (κ3) is 8.11. The van der Waals surface area contributed by atoms with Crippen molar-refractivity contribution in [2.24, 2.45) is 0 Å². The molecule has 0 aliphatic carbocycles. The predicted molar refractivity (Wildman–Crippen MR) is 125 cm³/mol. The minimum absolute atomic E-state index is 0. The Morgan fingerprint density at radius 2 is 1.17 bits per heavy atom. The van der Waals surface area contributed by atoms with Gasteiger partial charge in [-0.05, 0) is 30.5 Å². The van der Waals surface area contributed by atoms with Gasteiger partial charge in [0.1, 0.15) is 0 Å². The lowest BCUT2D eigenvalue weighted by molar-refractivity contribution is -0.662. The number of unbranched alkanes of at least 4 members (excludes halogenated alkanes) is 9. The molecule has 1 heterocycles. The number of aromatic nitrogens is 1. The molecule has 0 atom stereocenters. The van der Waals surface area contributed by atoms with E-state index in [-0.39, 0.29) is 12.4 Å². The average molecular weight is 424 g/mol. The lowest BCUT2D eigenvalue weighted by Crippen LogP contribution is -3.00. The first kappa shape index (κ1) is 24.4. The SMILES string of the molecule is CCCCCCCCCCCCc1ccc(C[n+]2cccc3ccccc32)cc1.[Cl-]. The minimum Gasteiger partial charge on any atom is -1.00 e. The summed E-state index contributed by atoms with van der Waals surface area (Å²) in [5.41, 5.74) is 4.15. The van der Waals surface area contributed by atoms with E-state index in [2.05, 4.69) is 78.4 Å². The highest BCUT2D eigenvalue weighted by atomic mass is 35.5. The molecule has 30 heavy (non-hydrogen) atoms. The van der Waals surface area contributed by atoms with Crippen LogP contribution in [0.5, 0.6) is 0 Å². The molecule has 0 unspecified atom stereocenters. The van der Waals surface area contributed by atoms with Gasteiger partial charge in [0.25, 0.3) is 0 Å². The van der Waals surface area contributed by atoms with Crippen LogP contribution in [0.25, 0.3) is 10.9 Å². The first-order valence-electron chi connectivity index (χ1n) is 11.8. The van der Waals surface area contributed by atoms with E-state index in [9.17, 15) is 0 Å². The fourth-order valence-corrected chi connectivity index (χ4v) is 4.18. The second kappa shape index (κ2) is 14.2. The molecule has 0 aliphatic rings. The van der Waals surface area contributed by atoms with Crippen LogP contribution in [0.3, 0.4) is 0 Å². The zero-order chi connectivity index (χ0) is 20.2. The Kier molecular flexibility index (Phi) is 11.6. The Morgan fingerprint density at radius 3 is 1.87 bits per heavy atom. The monoisotopic (exact) mass is 423 g/mol. The summed E-state index contributed by atoms with van der Waals surface area (Å²) < 4.78 is 2.34. The maximum absolute atomic E-state index is 2.34. The van der Waals surface area contributed by atoms with Crippen molar-refractivity contribution >= 4 is 10.9 Å². The van der Waals surface area contributed by atoms with Crippen LogP contribution in [-0.2, 0) is 13.0 Å². The lowest BCUT2D eigenvalue weighted by Gasteiger charge is -2.05. The Labute approximate surface area is 189 Å². The highest BCUT2D eigenvalue weighted by Gasteiger charge is 2.08. The van der Waals surface area contributed by atoms with E-state index in [1.165, 1.54) is 92.7 Å². The Hall–Kier alpha value is -1.86. The van der Waals surface area contributed by atoms with E-state index in [0.717, 1.165) is 6.54 Å². The summed E-state index contributed by atoms with van der Waals surface area (Å²) in [6, 6.07) is 22.2. The fourth-order valence-electron chi connectivity index (χ4n) is 4.18. The van der Waals surface area contributed by atoms with Crippen molar-refractivity contribution in [2.45, 2.75) is 84.1 Å². The van der Waals surface area contributed by atoms with Crippen LogP contribution in [0.2, 0.25) is 0 Å². The number of pyridine rings is 1. The number of fused-ring (bicyclic) bond motifs is 1. The van der Waals surface area contributed by atoms with Gasteiger partial charge in [0.15, 0.2) is 12.7 Å². The van der Waals surface area contributed by atoms with Crippen LogP contribution in [-0.4, -0.2) is 0 Å². The molecule has 1 aromatic heterocycles. The van der Waals surface area contributed by atoms with Gasteiger partial charge in [-0.2, -0.15) is 4.57 Å². The summed E-state index contributed by atoms with van der Waals surface area (Å²) in [5, 5.41) is 1.30. The molecule has 0 bridgehead atoms. The van der Waals surface area contributed by atoms with E-state index in [1.54, 1.807) is 0 Å². The zero-order valence-corrected chi connectivity index (χ0v) is 19.4. The standard InChI is InChI=1S/C28H38N.ClH/c1-2-3-4-5-6-7-8-9-10-11-15-25-19-21-26(22-20-25)24-29-23-14-17-27-16-12-13-18-28(27)29;/h12-14,16-23H,2-11,15,24H2,1H3;1H/q+1;/p-1. The van der Waals surface area contributed by atoms with Gasteiger partial charge in [0.2, 0.25) is 5.52 Å². The second-order valence-electron chi connectivity index (χ2n) is 8.44. The third-order valence-corrected chi connectivity index (χ3v) is 5.98. The van der Waals surface area contributed by atoms with Gasteiger partial charge < -0.3 is 12.4 Å². The quantitative estimate of drug-likeness (QED) is 0.278. The van der Waals surface area contributed by atoms with Gasteiger partial charge in [-0.3, -0.25) is 0 Å². The Balaban J connectivity index is 0.00000320. The average Bonchev–Trinajstić information content (AvgIpc) is 2.76. The van der Waals surface area contributed by atoms with Gasteiger partial charge in [0, 0.05) is 23.1 Å². The summed E-state index contributed by atoms with van der Waals surface area (Å²) >= 11 is 0. The smallest absolute Gasteiger partial charge is 0.212 e. The van der Waals surface area contributed by atoms with Crippen LogP contribution in [0, 0.1) is 0 Å². The maximum Gasteiger partial charge on any atom is 0.212 e. The summed E-state index contributed by atoms with van der Waals surface area (Å²) in [6.45, 7) is 3.22. The van der Waals surface area contributed by atoms with Gasteiger partial charge in [0.05, 0.1) is 0 Å². The molecular weight excluding hydrogens is 386 g/mol. The maximum atomic E-state index is 2.34. The van der Waals surface area contributed by atoms with Crippen molar-refractivity contribution in [1.29, 1.82) is 0 Å². The van der Waals surface area contributed by atoms with Crippen molar-refractivity contribution in [3.63, 3.8) is 0 Å². The van der Waals surface area contributed by atoms with E-state index in [0.29, 0.717) is 0 Å². The molecule has 0 saturated carbocycles. The number of nitrogens with zero attached hydrogens (tertiary/aromatic N) is 1. The molecule has 162 valence electrons. The van der Waals surface area contributed by atoms with E-state index >= 15 is 0 Å². The third-order valence-electron chi connectivity index (χ3n) is 5.98. The summed E-state index contributed by atoms with van der Waals surface area (Å²) in [5.74, 6) is 0. The molecule has 0 radical (unpaired) electrons. The highest BCUT2D eigenvalue weighted by Crippen LogP contribution is 2.14. The van der Waals surface area contributed by atoms with Gasteiger partial charge in [-0.25, -0.2) is 0 Å². The largest absolute Gasteiger partial charge is 1.00 e. The van der Waals surface area contributed by atoms with Crippen molar-refractivity contribution in [1.82, 2.24) is 0 Å². The van der Waals surface area contributed by atoms with E-state index < -0.39 is 0 Å². The van der Waals surface area contributed by atoms with Crippen molar-refractivity contribution in [3.05, 3.63) is 78.0 Å². The van der Waals surface area contributed by atoms with Crippen LogP contribution >= 0.6 is 0 Å². The van der Waals surface area contributed by atoms with Crippen molar-refractivity contribution < 1.29 is 17.0 Å². The molecule has 3 aromatic rings. The van der Waals surface area contributed by atoms with Crippen LogP contribution in [0.4, 0.5) is 0 Å². The molecule has 0 spiro atoms. The number of hydrogen-bond acceptors (Lipinski definition) is 0. The van der Waals surface area contributed by atoms with Crippen molar-refractivity contribution in [2.75, 3.05) is 0 Å². The lowest BCUT2D eigenvalue weighted by atomic mass is 10.0. The van der Waals surface area contributed by atoms with Crippen LogP contribution in [0.1, 0.15) is 82.3 Å². The molecule has 1 nitrogen and oxygen atoms in total. The van der Waals surface area contributed by atoms with E-state index in [4.69, 9.17) is 0 Å². The van der Waals surface area contributed by atoms with Gasteiger partial charge in [-0.1, -0.05) is 101 Å². The first-order chi connectivity index (χ1) is 14.4. The molecule has 3 rings (SSSR count). The molecule has 0 fully saturated rings. The van der Waals surface area contributed by atoms with Gasteiger partial charge in [-0.15, -0.1) is 0 Å². The number of para-hydroxylation sites is 1.